The first-order valence-electron chi connectivity index (χ1n) is 7.41. The number of aromatic nitrogens is 6. The van der Waals surface area contributed by atoms with Gasteiger partial charge in [-0.05, 0) is 24.3 Å². The van der Waals surface area contributed by atoms with Crippen molar-refractivity contribution >= 4 is 22.5 Å². The largest absolute Gasteiger partial charge is 0.433 e. The minimum atomic E-state index is -4.53. The van der Waals surface area contributed by atoms with Crippen LogP contribution in [-0.2, 0) is 6.18 Å². The third-order valence-corrected chi connectivity index (χ3v) is 3.57. The molecular formula is C16H10F3N7. The third-order valence-electron chi connectivity index (χ3n) is 3.57. The lowest BCUT2D eigenvalue weighted by molar-refractivity contribution is -0.141. The van der Waals surface area contributed by atoms with Crippen LogP contribution in [0, 0.1) is 0 Å². The van der Waals surface area contributed by atoms with Gasteiger partial charge in [-0.25, -0.2) is 19.9 Å². The molecule has 0 atom stereocenters. The summed E-state index contributed by atoms with van der Waals surface area (Å²) in [5.74, 6) is 0.288. The van der Waals surface area contributed by atoms with E-state index in [2.05, 4.69) is 35.2 Å². The van der Waals surface area contributed by atoms with Crippen molar-refractivity contribution in [1.29, 1.82) is 0 Å². The van der Waals surface area contributed by atoms with E-state index in [1.54, 1.807) is 18.3 Å². The molecular weight excluding hydrogens is 347 g/mol. The van der Waals surface area contributed by atoms with Gasteiger partial charge in [0.15, 0.2) is 5.82 Å². The van der Waals surface area contributed by atoms with E-state index in [0.29, 0.717) is 22.4 Å². The van der Waals surface area contributed by atoms with E-state index >= 15 is 0 Å². The number of rotatable bonds is 3. The van der Waals surface area contributed by atoms with Gasteiger partial charge in [-0.3, -0.25) is 4.98 Å². The second-order valence-corrected chi connectivity index (χ2v) is 5.30. The average Bonchev–Trinajstić information content (AvgIpc) is 3.16. The lowest BCUT2D eigenvalue weighted by Gasteiger charge is -2.10. The van der Waals surface area contributed by atoms with Crippen molar-refractivity contribution in [2.45, 2.75) is 6.18 Å². The molecule has 4 aromatic rings. The van der Waals surface area contributed by atoms with Crippen LogP contribution in [0.2, 0.25) is 0 Å². The molecule has 0 saturated carbocycles. The Bertz CT molecular complexity index is 1060. The van der Waals surface area contributed by atoms with Crippen LogP contribution in [0.5, 0.6) is 0 Å². The van der Waals surface area contributed by atoms with Crippen molar-refractivity contribution < 1.29 is 13.2 Å². The van der Waals surface area contributed by atoms with Gasteiger partial charge in [0, 0.05) is 11.9 Å². The van der Waals surface area contributed by atoms with Crippen LogP contribution in [0.3, 0.4) is 0 Å². The fourth-order valence-electron chi connectivity index (χ4n) is 2.38. The zero-order chi connectivity index (χ0) is 18.1. The maximum Gasteiger partial charge on any atom is 0.433 e. The summed E-state index contributed by atoms with van der Waals surface area (Å²) in [5, 5.41) is 2.85. The van der Waals surface area contributed by atoms with E-state index in [9.17, 15) is 13.2 Å². The van der Waals surface area contributed by atoms with Crippen molar-refractivity contribution in [1.82, 2.24) is 29.9 Å². The van der Waals surface area contributed by atoms with Crippen LogP contribution in [0.4, 0.5) is 24.7 Å². The standard InChI is InChI=1S/C16H10F3N7/c17-16(18,19)13-5-9(3-4-21-13)25-15-14-11(23-8-24-15)2-1-10(26-14)12-6-20-7-22-12/h1-8H,(H,20,22)(H,21,23,24,25). The Morgan fingerprint density at radius 1 is 1.04 bits per heavy atom. The summed E-state index contributed by atoms with van der Waals surface area (Å²) < 4.78 is 38.5. The molecule has 0 fully saturated rings. The van der Waals surface area contributed by atoms with Crippen LogP contribution in [0.1, 0.15) is 5.69 Å². The number of anilines is 2. The minimum Gasteiger partial charge on any atom is -0.343 e. The first-order chi connectivity index (χ1) is 12.5. The molecule has 130 valence electrons. The summed E-state index contributed by atoms with van der Waals surface area (Å²) in [6.45, 7) is 0. The number of hydrogen-bond donors (Lipinski definition) is 2. The molecule has 0 amide bonds. The predicted molar refractivity (Wildman–Crippen MR) is 87.4 cm³/mol. The molecule has 4 aromatic heterocycles. The summed E-state index contributed by atoms with van der Waals surface area (Å²) in [4.78, 5) is 23.0. The highest BCUT2D eigenvalue weighted by Crippen LogP contribution is 2.30. The second kappa shape index (κ2) is 6.06. The Morgan fingerprint density at radius 3 is 2.69 bits per heavy atom. The number of alkyl halides is 3. The van der Waals surface area contributed by atoms with Crippen LogP contribution in [0.25, 0.3) is 22.4 Å². The molecule has 0 aromatic carbocycles. The van der Waals surface area contributed by atoms with E-state index in [1.165, 1.54) is 18.7 Å². The molecule has 0 radical (unpaired) electrons. The maximum atomic E-state index is 12.8. The van der Waals surface area contributed by atoms with Gasteiger partial charge in [0.05, 0.1) is 29.4 Å². The lowest BCUT2D eigenvalue weighted by Crippen LogP contribution is -2.08. The normalized spacial score (nSPS) is 11.7. The van der Waals surface area contributed by atoms with E-state index in [-0.39, 0.29) is 11.5 Å². The van der Waals surface area contributed by atoms with Crippen molar-refractivity contribution in [3.05, 3.63) is 55.0 Å². The van der Waals surface area contributed by atoms with Crippen LogP contribution >= 0.6 is 0 Å². The molecule has 7 nitrogen and oxygen atoms in total. The topological polar surface area (TPSA) is 92.3 Å². The number of fused-ring (bicyclic) bond motifs is 1. The fraction of sp³-hybridized carbons (Fsp3) is 0.0625. The second-order valence-electron chi connectivity index (χ2n) is 5.30. The highest BCUT2D eigenvalue weighted by atomic mass is 19.4. The Hall–Kier alpha value is -3.56. The number of hydrogen-bond acceptors (Lipinski definition) is 6. The number of H-pyrrole nitrogens is 1. The minimum absolute atomic E-state index is 0.195. The summed E-state index contributed by atoms with van der Waals surface area (Å²) in [6, 6.07) is 5.84. The number of halogens is 3. The van der Waals surface area contributed by atoms with Gasteiger partial charge in [0.25, 0.3) is 0 Å². The molecule has 4 rings (SSSR count). The zero-order valence-electron chi connectivity index (χ0n) is 13.0. The zero-order valence-corrected chi connectivity index (χ0v) is 13.0. The average molecular weight is 357 g/mol. The Morgan fingerprint density at radius 2 is 1.92 bits per heavy atom. The van der Waals surface area contributed by atoms with Gasteiger partial charge >= 0.3 is 6.18 Å². The quantitative estimate of drug-likeness (QED) is 0.582. The summed E-state index contributed by atoms with van der Waals surface area (Å²) in [6.07, 6.45) is 1.00. The number of pyridine rings is 2. The van der Waals surface area contributed by atoms with Crippen molar-refractivity contribution in [3.63, 3.8) is 0 Å². The van der Waals surface area contributed by atoms with Crippen LogP contribution < -0.4 is 5.32 Å². The first-order valence-corrected chi connectivity index (χ1v) is 7.41. The molecule has 0 spiro atoms. The Kier molecular flexibility index (Phi) is 3.72. The SMILES string of the molecule is FC(F)(F)c1cc(Nc2ncnc3ccc(-c4cnc[nH]4)nc23)ccn1. The molecule has 0 aliphatic rings. The lowest BCUT2D eigenvalue weighted by atomic mass is 10.2. The van der Waals surface area contributed by atoms with E-state index in [4.69, 9.17) is 0 Å². The Labute approximate surface area is 144 Å². The molecule has 0 unspecified atom stereocenters. The maximum absolute atomic E-state index is 12.8. The van der Waals surface area contributed by atoms with Crippen LogP contribution in [-0.4, -0.2) is 29.9 Å². The van der Waals surface area contributed by atoms with Gasteiger partial charge in [-0.1, -0.05) is 0 Å². The van der Waals surface area contributed by atoms with Gasteiger partial charge in [-0.15, -0.1) is 0 Å². The molecule has 0 saturated heterocycles. The first kappa shape index (κ1) is 15.9. The summed E-state index contributed by atoms with van der Waals surface area (Å²) in [5.41, 5.74) is 1.48. The fourth-order valence-corrected chi connectivity index (χ4v) is 2.38. The van der Waals surface area contributed by atoms with E-state index < -0.39 is 11.9 Å². The smallest absolute Gasteiger partial charge is 0.343 e. The molecule has 26 heavy (non-hydrogen) atoms. The number of nitrogens with one attached hydrogen (secondary N) is 2. The summed E-state index contributed by atoms with van der Waals surface area (Å²) in [7, 11) is 0. The van der Waals surface area contributed by atoms with Crippen molar-refractivity contribution in [3.8, 4) is 11.4 Å². The van der Waals surface area contributed by atoms with Crippen LogP contribution in [0.15, 0.2) is 49.3 Å². The van der Waals surface area contributed by atoms with Gasteiger partial charge in [0.2, 0.25) is 0 Å². The monoisotopic (exact) mass is 357 g/mol. The summed E-state index contributed by atoms with van der Waals surface area (Å²) >= 11 is 0. The number of aromatic amines is 1. The van der Waals surface area contributed by atoms with Crippen molar-refractivity contribution in [2.75, 3.05) is 5.32 Å². The van der Waals surface area contributed by atoms with Crippen molar-refractivity contribution in [2.24, 2.45) is 0 Å². The highest BCUT2D eigenvalue weighted by molar-refractivity contribution is 5.88. The van der Waals surface area contributed by atoms with E-state index in [0.717, 1.165) is 12.3 Å². The van der Waals surface area contributed by atoms with Gasteiger partial charge in [0.1, 0.15) is 17.5 Å². The third kappa shape index (κ3) is 3.04. The van der Waals surface area contributed by atoms with Gasteiger partial charge in [-0.2, -0.15) is 13.2 Å². The number of nitrogens with zero attached hydrogens (tertiary/aromatic N) is 5. The predicted octanol–water partition coefficient (Wildman–Crippen LogP) is 3.57. The molecule has 4 heterocycles. The molecule has 0 aliphatic carbocycles. The van der Waals surface area contributed by atoms with Gasteiger partial charge < -0.3 is 10.3 Å². The number of imidazole rings is 1. The molecule has 2 N–H and O–H groups in total. The molecule has 10 heteroatoms. The van der Waals surface area contributed by atoms with E-state index in [1.807, 2.05) is 0 Å². The molecule has 0 bridgehead atoms. The Balaban J connectivity index is 1.76. The highest BCUT2D eigenvalue weighted by Gasteiger charge is 2.32. The molecule has 0 aliphatic heterocycles.